The van der Waals surface area contributed by atoms with Crippen molar-refractivity contribution in [2.24, 2.45) is 0 Å². The normalized spacial score (nSPS) is 10.6. The van der Waals surface area contributed by atoms with Gasteiger partial charge in [-0.15, -0.1) is 11.3 Å². The summed E-state index contributed by atoms with van der Waals surface area (Å²) in [6.07, 6.45) is 0. The number of thiophene rings is 1. The van der Waals surface area contributed by atoms with Gasteiger partial charge in [0.2, 0.25) is 0 Å². The summed E-state index contributed by atoms with van der Waals surface area (Å²) in [5.41, 5.74) is 5.83. The third-order valence-corrected chi connectivity index (χ3v) is 4.33. The van der Waals surface area contributed by atoms with Crippen LogP contribution in [0.1, 0.15) is 0 Å². The maximum atomic E-state index is 5.83. The average Bonchev–Trinajstić information content (AvgIpc) is 2.43. The molecule has 1 heterocycles. The van der Waals surface area contributed by atoms with Crippen molar-refractivity contribution in [3.63, 3.8) is 0 Å². The number of rotatable bonds is 1. The summed E-state index contributed by atoms with van der Waals surface area (Å²) in [7, 11) is 1.68. The molecule has 0 saturated heterocycles. The molecule has 0 aliphatic rings. The molecule has 68 valence electrons. The SMILES string of the molecule is COc1cccc2sc(N)c(I)c12. The second kappa shape index (κ2) is 3.34. The molecular formula is C9H8INOS. The van der Waals surface area contributed by atoms with Crippen molar-refractivity contribution >= 4 is 49.0 Å². The lowest BCUT2D eigenvalue weighted by Gasteiger charge is -2.00. The van der Waals surface area contributed by atoms with Crippen LogP contribution in [0.3, 0.4) is 0 Å². The van der Waals surface area contributed by atoms with E-state index in [1.807, 2.05) is 12.1 Å². The minimum Gasteiger partial charge on any atom is -0.496 e. The standard InChI is InChI=1S/C9H8INOS/c1-12-5-3-2-4-6-7(5)8(10)9(11)13-6/h2-4H,11H2,1H3. The van der Waals surface area contributed by atoms with Crippen molar-refractivity contribution in [1.82, 2.24) is 0 Å². The van der Waals surface area contributed by atoms with E-state index in [4.69, 9.17) is 10.5 Å². The number of hydrogen-bond donors (Lipinski definition) is 1. The third kappa shape index (κ3) is 1.38. The predicted octanol–water partition coefficient (Wildman–Crippen LogP) is 3.10. The molecule has 2 nitrogen and oxygen atoms in total. The maximum Gasteiger partial charge on any atom is 0.128 e. The first kappa shape index (κ1) is 9.08. The monoisotopic (exact) mass is 305 g/mol. The molecule has 0 fully saturated rings. The number of benzene rings is 1. The maximum absolute atomic E-state index is 5.83. The van der Waals surface area contributed by atoms with E-state index in [1.54, 1.807) is 18.4 Å². The first-order chi connectivity index (χ1) is 6.24. The minimum absolute atomic E-state index is 0.861. The summed E-state index contributed by atoms with van der Waals surface area (Å²) in [6, 6.07) is 5.99. The van der Waals surface area contributed by atoms with Gasteiger partial charge in [0.05, 0.1) is 16.1 Å². The first-order valence-corrected chi connectivity index (χ1v) is 5.64. The van der Waals surface area contributed by atoms with Crippen LogP contribution >= 0.6 is 33.9 Å². The van der Waals surface area contributed by atoms with Gasteiger partial charge in [-0.25, -0.2) is 0 Å². The first-order valence-electron chi connectivity index (χ1n) is 3.74. The molecule has 0 bridgehead atoms. The molecule has 1 aromatic heterocycles. The highest BCUT2D eigenvalue weighted by molar-refractivity contribution is 14.1. The van der Waals surface area contributed by atoms with Crippen molar-refractivity contribution in [2.45, 2.75) is 0 Å². The molecule has 2 N–H and O–H groups in total. The topological polar surface area (TPSA) is 35.2 Å². The zero-order valence-corrected chi connectivity index (χ0v) is 9.98. The van der Waals surface area contributed by atoms with Crippen molar-refractivity contribution in [2.75, 3.05) is 12.8 Å². The quantitative estimate of drug-likeness (QED) is 0.822. The van der Waals surface area contributed by atoms with E-state index in [-0.39, 0.29) is 0 Å². The Hall–Kier alpha value is -0.490. The highest BCUT2D eigenvalue weighted by Gasteiger charge is 2.10. The van der Waals surface area contributed by atoms with Crippen LogP contribution < -0.4 is 10.5 Å². The Morgan fingerprint density at radius 2 is 2.23 bits per heavy atom. The number of methoxy groups -OCH3 is 1. The van der Waals surface area contributed by atoms with E-state index >= 15 is 0 Å². The van der Waals surface area contributed by atoms with Gasteiger partial charge in [-0.3, -0.25) is 0 Å². The van der Waals surface area contributed by atoms with Gasteiger partial charge in [0.1, 0.15) is 10.8 Å². The Bertz CT molecular complexity index is 452. The number of nitrogen functional groups attached to an aromatic ring is 1. The number of hydrogen-bond acceptors (Lipinski definition) is 3. The molecule has 0 spiro atoms. The number of nitrogens with two attached hydrogens (primary N) is 1. The van der Waals surface area contributed by atoms with Crippen LogP contribution in [0.4, 0.5) is 5.00 Å². The molecule has 0 atom stereocenters. The van der Waals surface area contributed by atoms with Gasteiger partial charge < -0.3 is 10.5 Å². The lowest BCUT2D eigenvalue weighted by atomic mass is 10.2. The zero-order chi connectivity index (χ0) is 9.42. The van der Waals surface area contributed by atoms with E-state index in [0.717, 1.165) is 19.7 Å². The molecule has 0 aliphatic heterocycles. The van der Waals surface area contributed by atoms with E-state index in [9.17, 15) is 0 Å². The number of fused-ring (bicyclic) bond motifs is 1. The fourth-order valence-electron chi connectivity index (χ4n) is 1.27. The predicted molar refractivity (Wildman–Crippen MR) is 65.5 cm³/mol. The van der Waals surface area contributed by atoms with Crippen LogP contribution in [0.25, 0.3) is 10.1 Å². The van der Waals surface area contributed by atoms with Gasteiger partial charge in [-0.2, -0.15) is 0 Å². The van der Waals surface area contributed by atoms with Crippen molar-refractivity contribution < 1.29 is 4.74 Å². The summed E-state index contributed by atoms with van der Waals surface area (Å²) in [6.45, 7) is 0. The van der Waals surface area contributed by atoms with Crippen LogP contribution in [0, 0.1) is 3.57 Å². The van der Waals surface area contributed by atoms with E-state index in [2.05, 4.69) is 28.7 Å². The minimum atomic E-state index is 0.861. The fraction of sp³-hybridized carbons (Fsp3) is 0.111. The molecule has 0 radical (unpaired) electrons. The molecule has 1 aromatic carbocycles. The van der Waals surface area contributed by atoms with Gasteiger partial charge in [0, 0.05) is 4.70 Å². The van der Waals surface area contributed by atoms with Gasteiger partial charge in [0.15, 0.2) is 0 Å². The van der Waals surface area contributed by atoms with Crippen LogP contribution in [0.15, 0.2) is 18.2 Å². The van der Waals surface area contributed by atoms with Gasteiger partial charge in [0.25, 0.3) is 0 Å². The summed E-state index contributed by atoms with van der Waals surface area (Å²) in [4.78, 5) is 0. The Morgan fingerprint density at radius 3 is 2.92 bits per heavy atom. The average molecular weight is 305 g/mol. The van der Waals surface area contributed by atoms with Gasteiger partial charge in [-0.1, -0.05) is 6.07 Å². The van der Waals surface area contributed by atoms with E-state index in [0.29, 0.717) is 0 Å². The molecule has 13 heavy (non-hydrogen) atoms. The Kier molecular flexibility index (Phi) is 2.33. The van der Waals surface area contributed by atoms with Gasteiger partial charge in [-0.05, 0) is 34.7 Å². The largest absolute Gasteiger partial charge is 0.496 e. The summed E-state index contributed by atoms with van der Waals surface area (Å²) in [5, 5.41) is 1.99. The highest BCUT2D eigenvalue weighted by Crippen LogP contribution is 2.39. The smallest absolute Gasteiger partial charge is 0.128 e. The molecule has 0 aliphatic carbocycles. The molecule has 2 rings (SSSR count). The van der Waals surface area contributed by atoms with Crippen molar-refractivity contribution in [1.29, 1.82) is 0 Å². The van der Waals surface area contributed by atoms with Crippen molar-refractivity contribution in [3.8, 4) is 5.75 Å². The lowest BCUT2D eigenvalue weighted by molar-refractivity contribution is 0.420. The van der Waals surface area contributed by atoms with Crippen LogP contribution in [-0.4, -0.2) is 7.11 Å². The van der Waals surface area contributed by atoms with E-state index < -0.39 is 0 Å². The van der Waals surface area contributed by atoms with Gasteiger partial charge >= 0.3 is 0 Å². The Balaban J connectivity index is 2.87. The third-order valence-electron chi connectivity index (χ3n) is 1.86. The van der Waals surface area contributed by atoms with Crippen LogP contribution in [0.5, 0.6) is 5.75 Å². The number of ether oxygens (including phenoxy) is 1. The van der Waals surface area contributed by atoms with Crippen molar-refractivity contribution in [3.05, 3.63) is 21.8 Å². The summed E-state index contributed by atoms with van der Waals surface area (Å²) < 4.78 is 7.54. The molecule has 2 aromatic rings. The molecule has 0 saturated carbocycles. The van der Waals surface area contributed by atoms with Crippen LogP contribution in [0.2, 0.25) is 0 Å². The summed E-state index contributed by atoms with van der Waals surface area (Å²) >= 11 is 3.85. The fourth-order valence-corrected chi connectivity index (χ4v) is 3.22. The second-order valence-corrected chi connectivity index (χ2v) is 4.78. The second-order valence-electron chi connectivity index (χ2n) is 2.61. The Labute approximate surface area is 93.8 Å². The zero-order valence-electron chi connectivity index (χ0n) is 7.00. The molecule has 4 heteroatoms. The highest BCUT2D eigenvalue weighted by atomic mass is 127. The Morgan fingerprint density at radius 1 is 1.46 bits per heavy atom. The van der Waals surface area contributed by atoms with E-state index in [1.165, 1.54) is 4.70 Å². The summed E-state index contributed by atoms with van der Waals surface area (Å²) in [5.74, 6) is 0.898. The number of anilines is 1. The van der Waals surface area contributed by atoms with Crippen LogP contribution in [-0.2, 0) is 0 Å². The number of halogens is 1. The lowest BCUT2D eigenvalue weighted by Crippen LogP contribution is -1.85. The molecular weight excluding hydrogens is 297 g/mol. The molecule has 0 unspecified atom stereocenters. The molecule has 0 amide bonds.